The van der Waals surface area contributed by atoms with Gasteiger partial charge in [-0.2, -0.15) is 0 Å². The third kappa shape index (κ3) is 3.18. The van der Waals surface area contributed by atoms with Crippen LogP contribution in [0, 0.1) is 0 Å². The predicted molar refractivity (Wildman–Crippen MR) is 78.8 cm³/mol. The molecule has 0 saturated carbocycles. The zero-order valence-electron chi connectivity index (χ0n) is 12.3. The first kappa shape index (κ1) is 15.0. The van der Waals surface area contributed by atoms with E-state index in [2.05, 4.69) is 6.58 Å². The Labute approximate surface area is 123 Å². The fraction of sp³-hybridized carbons (Fsp3) is 0.312. The summed E-state index contributed by atoms with van der Waals surface area (Å²) in [6.07, 6.45) is 3.90. The van der Waals surface area contributed by atoms with Gasteiger partial charge >= 0.3 is 5.97 Å². The van der Waals surface area contributed by atoms with E-state index in [9.17, 15) is 4.79 Å². The molecule has 0 amide bonds. The summed E-state index contributed by atoms with van der Waals surface area (Å²) in [5.41, 5.74) is 1.35. The van der Waals surface area contributed by atoms with Crippen molar-refractivity contribution in [2.45, 2.75) is 12.5 Å². The Morgan fingerprint density at radius 2 is 1.81 bits per heavy atom. The number of esters is 1. The lowest BCUT2D eigenvalue weighted by Crippen LogP contribution is -2.02. The summed E-state index contributed by atoms with van der Waals surface area (Å²) in [5, 5.41) is 0. The molecule has 1 aromatic carbocycles. The van der Waals surface area contributed by atoms with Crippen molar-refractivity contribution in [3.63, 3.8) is 0 Å². The average molecular weight is 290 g/mol. The number of hydrogen-bond donors (Lipinski definition) is 0. The Hall–Kier alpha value is -2.43. The van der Waals surface area contributed by atoms with E-state index >= 15 is 0 Å². The van der Waals surface area contributed by atoms with Crippen LogP contribution in [-0.2, 0) is 9.53 Å². The molecule has 0 bridgehead atoms. The molecule has 1 saturated heterocycles. The lowest BCUT2D eigenvalue weighted by Gasteiger charge is -2.13. The van der Waals surface area contributed by atoms with Crippen LogP contribution in [0.1, 0.15) is 12.0 Å². The van der Waals surface area contributed by atoms with Crippen LogP contribution in [0.5, 0.6) is 17.2 Å². The van der Waals surface area contributed by atoms with Crippen LogP contribution < -0.4 is 14.2 Å². The Morgan fingerprint density at radius 3 is 2.24 bits per heavy atom. The summed E-state index contributed by atoms with van der Waals surface area (Å²) in [7, 11) is 4.68. The van der Waals surface area contributed by atoms with Gasteiger partial charge in [0, 0.05) is 12.0 Å². The molecule has 1 aromatic rings. The highest BCUT2D eigenvalue weighted by atomic mass is 16.5. The van der Waals surface area contributed by atoms with Gasteiger partial charge in [0.15, 0.2) is 11.5 Å². The van der Waals surface area contributed by atoms with E-state index in [1.54, 1.807) is 21.3 Å². The highest BCUT2D eigenvalue weighted by Crippen LogP contribution is 2.38. The summed E-state index contributed by atoms with van der Waals surface area (Å²) in [6, 6.07) is 3.65. The van der Waals surface area contributed by atoms with Gasteiger partial charge in [-0.1, -0.05) is 12.7 Å². The zero-order chi connectivity index (χ0) is 15.4. The molecule has 1 aliphatic rings. The van der Waals surface area contributed by atoms with Gasteiger partial charge in [-0.25, -0.2) is 4.79 Å². The van der Waals surface area contributed by atoms with Crippen LogP contribution in [0.15, 0.2) is 30.4 Å². The molecule has 0 aromatic heterocycles. The van der Waals surface area contributed by atoms with Gasteiger partial charge in [0.05, 0.1) is 21.3 Å². The fourth-order valence-electron chi connectivity index (χ4n) is 2.11. The molecule has 1 unspecified atom stereocenters. The van der Waals surface area contributed by atoms with Gasteiger partial charge in [-0.3, -0.25) is 0 Å². The second-order valence-electron chi connectivity index (χ2n) is 4.57. The molecular weight excluding hydrogens is 272 g/mol. The summed E-state index contributed by atoms with van der Waals surface area (Å²) in [5.74, 6) is 1.35. The van der Waals surface area contributed by atoms with E-state index in [1.807, 2.05) is 24.3 Å². The molecule has 1 fully saturated rings. The molecule has 1 heterocycles. The van der Waals surface area contributed by atoms with Gasteiger partial charge < -0.3 is 18.9 Å². The number of methoxy groups -OCH3 is 3. The molecule has 0 spiro atoms. The third-order valence-electron chi connectivity index (χ3n) is 3.19. The highest BCUT2D eigenvalue weighted by Gasteiger charge is 2.25. The van der Waals surface area contributed by atoms with Crippen molar-refractivity contribution in [1.82, 2.24) is 0 Å². The maximum Gasteiger partial charge on any atom is 0.334 e. The molecule has 0 radical (unpaired) electrons. The van der Waals surface area contributed by atoms with Crippen molar-refractivity contribution in [1.29, 1.82) is 0 Å². The first-order valence-electron chi connectivity index (χ1n) is 6.46. The second kappa shape index (κ2) is 6.35. The zero-order valence-corrected chi connectivity index (χ0v) is 12.3. The van der Waals surface area contributed by atoms with Crippen LogP contribution in [0.4, 0.5) is 0 Å². The highest BCUT2D eigenvalue weighted by molar-refractivity contribution is 5.90. The van der Waals surface area contributed by atoms with E-state index in [-0.39, 0.29) is 12.1 Å². The van der Waals surface area contributed by atoms with Crippen molar-refractivity contribution in [2.75, 3.05) is 21.3 Å². The summed E-state index contributed by atoms with van der Waals surface area (Å²) in [4.78, 5) is 11.3. The predicted octanol–water partition coefficient (Wildman–Crippen LogP) is 2.60. The number of carbonyl (C=O) groups excluding carboxylic acids is 1. The number of rotatable bonds is 5. The molecule has 112 valence electrons. The first-order chi connectivity index (χ1) is 10.1. The van der Waals surface area contributed by atoms with Crippen LogP contribution >= 0.6 is 0 Å². The molecular formula is C16H18O5. The van der Waals surface area contributed by atoms with Crippen molar-refractivity contribution in [3.8, 4) is 17.2 Å². The number of cyclic esters (lactones) is 1. The number of benzene rings is 1. The smallest absolute Gasteiger partial charge is 0.334 e. The molecule has 5 heteroatoms. The SMILES string of the molecule is C=C1CC(C=Cc2cc(OC)c(OC)c(OC)c2)OC1=O. The maximum atomic E-state index is 11.3. The number of carbonyl (C=O) groups is 1. The number of hydrogen-bond acceptors (Lipinski definition) is 5. The Kier molecular flexibility index (Phi) is 4.52. The van der Waals surface area contributed by atoms with Crippen molar-refractivity contribution >= 4 is 12.0 Å². The fourth-order valence-corrected chi connectivity index (χ4v) is 2.11. The van der Waals surface area contributed by atoms with Gasteiger partial charge in [-0.05, 0) is 23.8 Å². The minimum atomic E-state index is -0.338. The minimum Gasteiger partial charge on any atom is -0.493 e. The summed E-state index contributed by atoms with van der Waals surface area (Å²) < 4.78 is 21.0. The van der Waals surface area contributed by atoms with E-state index in [0.29, 0.717) is 29.2 Å². The Morgan fingerprint density at radius 1 is 1.19 bits per heavy atom. The van der Waals surface area contributed by atoms with Crippen molar-refractivity contribution in [3.05, 3.63) is 35.9 Å². The first-order valence-corrected chi connectivity index (χ1v) is 6.46. The molecule has 1 atom stereocenters. The molecule has 2 rings (SSSR count). The van der Waals surface area contributed by atoms with Crippen LogP contribution in [0.2, 0.25) is 0 Å². The van der Waals surface area contributed by atoms with Crippen molar-refractivity contribution < 1.29 is 23.7 Å². The van der Waals surface area contributed by atoms with Crippen LogP contribution in [0.25, 0.3) is 6.08 Å². The monoisotopic (exact) mass is 290 g/mol. The molecule has 21 heavy (non-hydrogen) atoms. The van der Waals surface area contributed by atoms with Gasteiger partial charge in [-0.15, -0.1) is 0 Å². The second-order valence-corrected chi connectivity index (χ2v) is 4.57. The van der Waals surface area contributed by atoms with E-state index in [0.717, 1.165) is 5.56 Å². The molecule has 0 aliphatic carbocycles. The quantitative estimate of drug-likeness (QED) is 0.616. The van der Waals surface area contributed by atoms with E-state index in [1.165, 1.54) is 0 Å². The minimum absolute atomic E-state index is 0.274. The lowest BCUT2D eigenvalue weighted by atomic mass is 10.1. The van der Waals surface area contributed by atoms with Crippen molar-refractivity contribution in [2.24, 2.45) is 0 Å². The molecule has 1 aliphatic heterocycles. The topological polar surface area (TPSA) is 54.0 Å². The summed E-state index contributed by atoms with van der Waals surface area (Å²) >= 11 is 0. The lowest BCUT2D eigenvalue weighted by molar-refractivity contribution is -0.137. The maximum absolute atomic E-state index is 11.3. The average Bonchev–Trinajstić information content (AvgIpc) is 2.82. The molecule has 5 nitrogen and oxygen atoms in total. The van der Waals surface area contributed by atoms with E-state index in [4.69, 9.17) is 18.9 Å². The van der Waals surface area contributed by atoms with Gasteiger partial charge in [0.2, 0.25) is 5.75 Å². The van der Waals surface area contributed by atoms with Gasteiger partial charge in [0.1, 0.15) is 6.10 Å². The van der Waals surface area contributed by atoms with E-state index < -0.39 is 0 Å². The number of ether oxygens (including phenoxy) is 4. The molecule has 0 N–H and O–H groups in total. The normalized spacial score (nSPS) is 18.0. The summed E-state index contributed by atoms with van der Waals surface area (Å²) in [6.45, 7) is 3.65. The van der Waals surface area contributed by atoms with Crippen LogP contribution in [0.3, 0.4) is 0 Å². The standard InChI is InChI=1S/C16H18O5/c1-10-7-12(21-16(10)17)6-5-11-8-13(18-2)15(20-4)14(9-11)19-3/h5-6,8-9,12H,1,7H2,2-4H3. The van der Waals surface area contributed by atoms with Crippen LogP contribution in [-0.4, -0.2) is 33.4 Å². The largest absolute Gasteiger partial charge is 0.493 e. The third-order valence-corrected chi connectivity index (χ3v) is 3.19. The van der Waals surface area contributed by atoms with Gasteiger partial charge in [0.25, 0.3) is 0 Å². The Bertz CT molecular complexity index is 547. The Balaban J connectivity index is 2.24.